The number of hydrogen-bond donors (Lipinski definition) is 0. The summed E-state index contributed by atoms with van der Waals surface area (Å²) in [7, 11) is 1.63. The molecular weight excluding hydrogens is 423 g/mol. The zero-order valence-corrected chi connectivity index (χ0v) is 17.6. The molecule has 160 valence electrons. The van der Waals surface area contributed by atoms with Crippen molar-refractivity contribution in [2.75, 3.05) is 31.9 Å². The second-order valence-electron chi connectivity index (χ2n) is 8.28. The lowest BCUT2D eigenvalue weighted by Gasteiger charge is -2.23. The van der Waals surface area contributed by atoms with Crippen molar-refractivity contribution in [3.05, 3.63) is 58.6 Å². The highest BCUT2D eigenvalue weighted by molar-refractivity contribution is 6.31. The highest BCUT2D eigenvalue weighted by atomic mass is 35.5. The van der Waals surface area contributed by atoms with Crippen molar-refractivity contribution >= 4 is 17.5 Å². The van der Waals surface area contributed by atoms with E-state index in [1.807, 2.05) is 28.8 Å². The van der Waals surface area contributed by atoms with E-state index in [9.17, 15) is 4.39 Å². The molecule has 3 aliphatic rings. The van der Waals surface area contributed by atoms with Crippen molar-refractivity contribution < 1.29 is 18.6 Å². The third kappa shape index (κ3) is 2.89. The number of halogens is 2. The Balaban J connectivity index is 1.37. The highest BCUT2D eigenvalue weighted by Crippen LogP contribution is 2.60. The Kier molecular flexibility index (Phi) is 4.16. The smallest absolute Gasteiger partial charge is 0.232 e. The highest BCUT2D eigenvalue weighted by Gasteiger charge is 2.62. The van der Waals surface area contributed by atoms with Crippen LogP contribution in [0.2, 0.25) is 5.02 Å². The number of nitrogens with zero attached hydrogens (tertiary/aromatic N) is 4. The molecule has 2 aromatic carbocycles. The molecule has 31 heavy (non-hydrogen) atoms. The van der Waals surface area contributed by atoms with Gasteiger partial charge < -0.3 is 19.1 Å². The van der Waals surface area contributed by atoms with E-state index < -0.39 is 0 Å². The number of piperidine rings is 1. The average Bonchev–Trinajstić information content (AvgIpc) is 3.15. The van der Waals surface area contributed by atoms with E-state index in [-0.39, 0.29) is 18.0 Å². The lowest BCUT2D eigenvalue weighted by Crippen LogP contribution is -2.29. The van der Waals surface area contributed by atoms with Gasteiger partial charge in [-0.1, -0.05) is 17.7 Å². The topological polar surface area (TPSA) is 61.6 Å². The Labute approximate surface area is 183 Å². The van der Waals surface area contributed by atoms with E-state index in [0.29, 0.717) is 29.1 Å². The van der Waals surface area contributed by atoms with Gasteiger partial charge in [-0.15, -0.1) is 10.2 Å². The second kappa shape index (κ2) is 6.83. The quantitative estimate of drug-likeness (QED) is 0.600. The second-order valence-corrected chi connectivity index (χ2v) is 8.69. The van der Waals surface area contributed by atoms with Crippen molar-refractivity contribution in [2.45, 2.75) is 18.4 Å². The lowest BCUT2D eigenvalue weighted by molar-refractivity contribution is 0.173. The predicted octanol–water partition coefficient (Wildman–Crippen LogP) is 3.71. The van der Waals surface area contributed by atoms with Gasteiger partial charge >= 0.3 is 0 Å². The standard InChI is InChI=1S/C22H20ClFN4O3/c1-29-10-20-25-26-21(28(20)15-3-5-18-19(7-15)31-12-30-18)27-9-13-8-22(13,11-27)16-4-2-14(24)6-17(16)23/h2-7,13H,8-12H2,1H3/t13-,22-/m0/s1. The normalized spacial score (nSPS) is 23.3. The summed E-state index contributed by atoms with van der Waals surface area (Å²) in [5.41, 5.74) is 1.82. The molecule has 3 aromatic rings. The first-order valence-electron chi connectivity index (χ1n) is 10.1. The number of ether oxygens (including phenoxy) is 3. The molecule has 3 heterocycles. The van der Waals surface area contributed by atoms with Crippen LogP contribution in [0.5, 0.6) is 11.5 Å². The van der Waals surface area contributed by atoms with Gasteiger partial charge in [-0.2, -0.15) is 0 Å². The zero-order valence-electron chi connectivity index (χ0n) is 16.8. The summed E-state index contributed by atoms with van der Waals surface area (Å²) in [6, 6.07) is 10.5. The van der Waals surface area contributed by atoms with Crippen molar-refractivity contribution in [1.82, 2.24) is 14.8 Å². The van der Waals surface area contributed by atoms with Crippen LogP contribution in [0.15, 0.2) is 36.4 Å². The van der Waals surface area contributed by atoms with Crippen LogP contribution >= 0.6 is 11.6 Å². The van der Waals surface area contributed by atoms with Crippen LogP contribution in [0.1, 0.15) is 17.8 Å². The summed E-state index contributed by atoms with van der Waals surface area (Å²) in [4.78, 5) is 2.23. The van der Waals surface area contributed by atoms with Gasteiger partial charge in [0.25, 0.3) is 0 Å². The molecule has 1 saturated carbocycles. The Hall–Kier alpha value is -2.84. The van der Waals surface area contributed by atoms with Crippen LogP contribution < -0.4 is 14.4 Å². The molecule has 0 spiro atoms. The molecule has 0 radical (unpaired) electrons. The maximum absolute atomic E-state index is 13.6. The largest absolute Gasteiger partial charge is 0.454 e. The van der Waals surface area contributed by atoms with Crippen molar-refractivity contribution in [3.8, 4) is 17.2 Å². The number of rotatable bonds is 5. The fourth-order valence-electron chi connectivity index (χ4n) is 4.97. The Morgan fingerprint density at radius 2 is 2.06 bits per heavy atom. The first-order valence-corrected chi connectivity index (χ1v) is 10.5. The number of benzene rings is 2. The van der Waals surface area contributed by atoms with Crippen LogP contribution in [0, 0.1) is 11.7 Å². The van der Waals surface area contributed by atoms with Gasteiger partial charge in [0.2, 0.25) is 12.7 Å². The van der Waals surface area contributed by atoms with Crippen LogP contribution in [0.3, 0.4) is 0 Å². The fraction of sp³-hybridized carbons (Fsp3) is 0.364. The average molecular weight is 443 g/mol. The molecule has 2 aliphatic heterocycles. The van der Waals surface area contributed by atoms with Gasteiger partial charge in [0, 0.05) is 36.7 Å². The minimum atomic E-state index is -0.316. The van der Waals surface area contributed by atoms with Crippen molar-refractivity contribution in [1.29, 1.82) is 0 Å². The molecule has 6 rings (SSSR count). The molecule has 0 unspecified atom stereocenters. The van der Waals surface area contributed by atoms with Crippen molar-refractivity contribution in [3.63, 3.8) is 0 Å². The first-order chi connectivity index (χ1) is 15.1. The number of methoxy groups -OCH3 is 1. The molecule has 1 aromatic heterocycles. The third-order valence-corrected chi connectivity index (χ3v) is 6.81. The van der Waals surface area contributed by atoms with E-state index in [2.05, 4.69) is 15.1 Å². The van der Waals surface area contributed by atoms with E-state index in [0.717, 1.165) is 42.5 Å². The first kappa shape index (κ1) is 18.9. The predicted molar refractivity (Wildman–Crippen MR) is 112 cm³/mol. The van der Waals surface area contributed by atoms with Gasteiger partial charge in [-0.05, 0) is 42.2 Å². The molecule has 0 N–H and O–H groups in total. The van der Waals surface area contributed by atoms with E-state index >= 15 is 0 Å². The summed E-state index contributed by atoms with van der Waals surface area (Å²) in [5, 5.41) is 9.37. The Morgan fingerprint density at radius 1 is 1.19 bits per heavy atom. The van der Waals surface area contributed by atoms with Gasteiger partial charge in [0.05, 0.1) is 5.69 Å². The maximum atomic E-state index is 13.6. The van der Waals surface area contributed by atoms with Gasteiger partial charge in [0.1, 0.15) is 12.4 Å². The van der Waals surface area contributed by atoms with E-state index in [4.69, 9.17) is 25.8 Å². The summed E-state index contributed by atoms with van der Waals surface area (Å²) in [6.07, 6.45) is 1.04. The molecule has 2 atom stereocenters. The summed E-state index contributed by atoms with van der Waals surface area (Å²) >= 11 is 6.41. The lowest BCUT2D eigenvalue weighted by atomic mass is 9.95. The Bertz CT molecular complexity index is 1190. The molecular formula is C22H20ClFN4O3. The Morgan fingerprint density at radius 3 is 2.90 bits per heavy atom. The minimum Gasteiger partial charge on any atom is -0.454 e. The molecule has 7 nitrogen and oxygen atoms in total. The maximum Gasteiger partial charge on any atom is 0.232 e. The molecule has 1 aliphatic carbocycles. The molecule has 9 heteroatoms. The van der Waals surface area contributed by atoms with Crippen LogP contribution in [0.25, 0.3) is 5.69 Å². The molecule has 0 amide bonds. The van der Waals surface area contributed by atoms with Crippen LogP contribution in [0.4, 0.5) is 10.3 Å². The number of hydrogen-bond acceptors (Lipinski definition) is 6. The van der Waals surface area contributed by atoms with Crippen LogP contribution in [-0.2, 0) is 16.8 Å². The van der Waals surface area contributed by atoms with Gasteiger partial charge in [-0.25, -0.2) is 4.39 Å². The third-order valence-electron chi connectivity index (χ3n) is 6.50. The van der Waals surface area contributed by atoms with Gasteiger partial charge in [0.15, 0.2) is 17.3 Å². The monoisotopic (exact) mass is 442 g/mol. The number of anilines is 1. The van der Waals surface area contributed by atoms with Gasteiger partial charge in [-0.3, -0.25) is 4.57 Å². The zero-order chi connectivity index (χ0) is 21.2. The number of aromatic nitrogens is 3. The van der Waals surface area contributed by atoms with Crippen molar-refractivity contribution in [2.24, 2.45) is 5.92 Å². The molecule has 1 saturated heterocycles. The number of fused-ring (bicyclic) bond motifs is 2. The summed E-state index contributed by atoms with van der Waals surface area (Å²) in [6.45, 7) is 2.13. The van der Waals surface area contributed by atoms with E-state index in [1.54, 1.807) is 7.11 Å². The fourth-order valence-corrected chi connectivity index (χ4v) is 5.32. The van der Waals surface area contributed by atoms with E-state index in [1.165, 1.54) is 12.1 Å². The summed E-state index contributed by atoms with van der Waals surface area (Å²) in [5.74, 6) is 2.99. The van der Waals surface area contributed by atoms with Crippen LogP contribution in [-0.4, -0.2) is 41.8 Å². The molecule has 2 fully saturated rings. The molecule has 0 bridgehead atoms. The summed E-state index contributed by atoms with van der Waals surface area (Å²) < 4.78 is 31.9. The SMILES string of the molecule is COCc1nnc(N2C[C@@H]3C[C@]3(c3ccc(F)cc3Cl)C2)n1-c1ccc2c(c1)OCO2. The minimum absolute atomic E-state index is 0.0716.